The molecule has 2 N–H and O–H groups in total. The van der Waals surface area contributed by atoms with Crippen molar-refractivity contribution in [2.45, 2.75) is 24.4 Å². The van der Waals surface area contributed by atoms with Crippen LogP contribution < -0.4 is 19.9 Å². The SMILES string of the molecule is COc1cc(C=CC2C3=CCC4C(=O)N(N(C)c5nc(C(F)(F)F)ccc5Cl)C(=O)C4C3CC3C(=O)N(Nc4ccc(F)cc4)C(=O)C23c2ccc(Cl)cc2)cc(OC)c1O. The topological polar surface area (TPSA) is 142 Å². The molecule has 1 saturated carbocycles. The highest BCUT2D eigenvalue weighted by Gasteiger charge is 2.70. The molecular formula is C43H35Cl2F4N5O7. The van der Waals surface area contributed by atoms with E-state index in [1.165, 1.54) is 45.5 Å². The normalized spacial score (nSPS) is 24.7. The summed E-state index contributed by atoms with van der Waals surface area (Å²) in [6, 6.07) is 16.3. The summed E-state index contributed by atoms with van der Waals surface area (Å²) in [7, 11) is 3.94. The number of alkyl halides is 3. The largest absolute Gasteiger partial charge is 0.502 e. The van der Waals surface area contributed by atoms with Crippen LogP contribution in [0.5, 0.6) is 17.2 Å². The van der Waals surface area contributed by atoms with Crippen molar-refractivity contribution in [3.05, 3.63) is 123 Å². The second kappa shape index (κ2) is 15.4. The van der Waals surface area contributed by atoms with E-state index in [1.54, 1.807) is 42.5 Å². The van der Waals surface area contributed by atoms with Gasteiger partial charge in [0.05, 0.1) is 48.1 Å². The molecule has 3 aromatic carbocycles. The molecule has 0 radical (unpaired) electrons. The van der Waals surface area contributed by atoms with E-state index in [0.717, 1.165) is 33.2 Å². The van der Waals surface area contributed by atoms with Crippen molar-refractivity contribution in [1.29, 1.82) is 0 Å². The fourth-order valence-electron chi connectivity index (χ4n) is 9.31. The smallest absolute Gasteiger partial charge is 0.433 e. The van der Waals surface area contributed by atoms with Crippen LogP contribution in [0.25, 0.3) is 6.08 Å². The minimum absolute atomic E-state index is 0.00139. The third kappa shape index (κ3) is 6.72. The fourth-order valence-corrected chi connectivity index (χ4v) is 9.66. The number of methoxy groups -OCH3 is 2. The van der Waals surface area contributed by atoms with Crippen molar-refractivity contribution in [3.63, 3.8) is 0 Å². The molecule has 3 fully saturated rings. The van der Waals surface area contributed by atoms with E-state index in [-0.39, 0.29) is 40.8 Å². The molecule has 4 aromatic rings. The van der Waals surface area contributed by atoms with Crippen LogP contribution in [0.3, 0.4) is 0 Å². The molecule has 18 heteroatoms. The van der Waals surface area contributed by atoms with Crippen LogP contribution in [0, 0.1) is 35.4 Å². The third-order valence-corrected chi connectivity index (χ3v) is 12.5. The number of amides is 4. The number of halogens is 6. The Balaban J connectivity index is 1.28. The van der Waals surface area contributed by atoms with Gasteiger partial charge in [0, 0.05) is 18.0 Å². The van der Waals surface area contributed by atoms with Gasteiger partial charge >= 0.3 is 6.18 Å². The number of hydrazine groups is 2. The average Bonchev–Trinajstić information content (AvgIpc) is 3.61. The van der Waals surface area contributed by atoms with Crippen molar-refractivity contribution in [2.24, 2.45) is 29.6 Å². The lowest BCUT2D eigenvalue weighted by molar-refractivity contribution is -0.142. The molecule has 4 aliphatic rings. The number of ether oxygens (including phenoxy) is 2. The van der Waals surface area contributed by atoms with Crippen LogP contribution >= 0.6 is 23.2 Å². The molecule has 2 aliphatic carbocycles. The first-order valence-electron chi connectivity index (χ1n) is 18.9. The molecule has 316 valence electrons. The number of allylic oxidation sites excluding steroid dienone is 3. The molecule has 6 unspecified atom stereocenters. The van der Waals surface area contributed by atoms with Crippen LogP contribution in [0.2, 0.25) is 10.0 Å². The summed E-state index contributed by atoms with van der Waals surface area (Å²) in [5, 5.41) is 13.3. The van der Waals surface area contributed by atoms with Crippen molar-refractivity contribution >= 4 is 64.4 Å². The van der Waals surface area contributed by atoms with Crippen LogP contribution in [-0.4, -0.2) is 65.0 Å². The number of anilines is 2. The monoisotopic (exact) mass is 879 g/mol. The number of imide groups is 2. The van der Waals surface area contributed by atoms with Crippen LogP contribution in [0.1, 0.15) is 29.7 Å². The van der Waals surface area contributed by atoms with Gasteiger partial charge in [0.25, 0.3) is 23.6 Å². The van der Waals surface area contributed by atoms with E-state index in [0.29, 0.717) is 27.8 Å². The summed E-state index contributed by atoms with van der Waals surface area (Å²) in [5.41, 5.74) is 1.57. The Hall–Kier alpha value is -6.13. The predicted octanol–water partition coefficient (Wildman–Crippen LogP) is 7.85. The zero-order valence-corrected chi connectivity index (χ0v) is 33.9. The number of nitrogens with one attached hydrogen (secondary N) is 1. The van der Waals surface area contributed by atoms with Crippen molar-refractivity contribution in [3.8, 4) is 17.2 Å². The van der Waals surface area contributed by atoms with E-state index in [9.17, 15) is 37.1 Å². The summed E-state index contributed by atoms with van der Waals surface area (Å²) in [5.74, 6) is -9.01. The maximum atomic E-state index is 15.3. The summed E-state index contributed by atoms with van der Waals surface area (Å²) in [4.78, 5) is 62.7. The van der Waals surface area contributed by atoms with Gasteiger partial charge in [-0.2, -0.15) is 23.2 Å². The quantitative estimate of drug-likeness (QED) is 0.0971. The van der Waals surface area contributed by atoms with Crippen LogP contribution in [0.15, 0.2) is 90.5 Å². The number of hydrogen-bond acceptors (Lipinski definition) is 10. The molecule has 0 spiro atoms. The number of fused-ring (bicyclic) bond motifs is 4. The lowest BCUT2D eigenvalue weighted by atomic mass is 9.50. The number of carbonyl (C=O) groups is 4. The van der Waals surface area contributed by atoms with E-state index < -0.39 is 82.1 Å². The number of aromatic nitrogens is 1. The number of aromatic hydroxyl groups is 1. The lowest BCUT2D eigenvalue weighted by Gasteiger charge is -2.49. The number of carbonyl (C=O) groups excluding carboxylic acids is 4. The molecular weight excluding hydrogens is 845 g/mol. The zero-order valence-electron chi connectivity index (χ0n) is 32.4. The Morgan fingerprint density at radius 2 is 1.57 bits per heavy atom. The molecule has 12 nitrogen and oxygen atoms in total. The Morgan fingerprint density at radius 3 is 2.20 bits per heavy atom. The van der Waals surface area contributed by atoms with Gasteiger partial charge < -0.3 is 14.6 Å². The van der Waals surface area contributed by atoms with E-state index >= 15 is 4.79 Å². The number of benzene rings is 3. The van der Waals surface area contributed by atoms with Gasteiger partial charge in [-0.05, 0) is 90.6 Å². The highest BCUT2D eigenvalue weighted by Crippen LogP contribution is 2.62. The van der Waals surface area contributed by atoms with Gasteiger partial charge in [-0.1, -0.05) is 59.1 Å². The minimum Gasteiger partial charge on any atom is -0.502 e. The first-order valence-corrected chi connectivity index (χ1v) is 19.6. The molecule has 61 heavy (non-hydrogen) atoms. The maximum Gasteiger partial charge on any atom is 0.433 e. The number of phenolic OH excluding ortho intramolecular Hbond substituents is 1. The van der Waals surface area contributed by atoms with Gasteiger partial charge in [-0.25, -0.2) is 9.37 Å². The fraction of sp³-hybridized carbons (Fsp3) is 0.279. The highest BCUT2D eigenvalue weighted by molar-refractivity contribution is 6.33. The maximum absolute atomic E-state index is 15.3. The first kappa shape index (κ1) is 41.6. The lowest BCUT2D eigenvalue weighted by Crippen LogP contribution is -2.54. The molecule has 1 aromatic heterocycles. The van der Waals surface area contributed by atoms with E-state index in [1.807, 2.05) is 0 Å². The van der Waals surface area contributed by atoms with Gasteiger partial charge in [0.15, 0.2) is 17.3 Å². The van der Waals surface area contributed by atoms with Crippen molar-refractivity contribution in [2.75, 3.05) is 31.7 Å². The summed E-state index contributed by atoms with van der Waals surface area (Å²) in [6.07, 6.45) is 0.206. The predicted molar refractivity (Wildman–Crippen MR) is 215 cm³/mol. The third-order valence-electron chi connectivity index (χ3n) is 12.0. The zero-order chi connectivity index (χ0) is 43.7. The van der Waals surface area contributed by atoms with Gasteiger partial charge in [0.1, 0.15) is 11.5 Å². The summed E-state index contributed by atoms with van der Waals surface area (Å²) in [6.45, 7) is 0. The van der Waals surface area contributed by atoms with Crippen molar-refractivity contribution in [1.82, 2.24) is 15.0 Å². The number of phenols is 1. The standard InChI is InChI=1S/C43H35Cl2F4N5O7/c1-52(37-31(45)16-17-34(50-37)43(47,48)49)54-38(56)27-14-13-26-28(35(27)40(54)58)20-30-39(57)53(51-25-11-9-24(46)10-12-25)41(59)42(30,22-5-7-23(44)8-6-22)29(26)15-4-21-18-32(60-2)36(55)33(19-21)61-3/h4-13,15-19,27-30,35,51,55H,14,20H2,1-3H3. The van der Waals surface area contributed by atoms with Gasteiger partial charge in [0.2, 0.25) is 5.75 Å². The Bertz CT molecular complexity index is 2510. The van der Waals surface area contributed by atoms with Crippen LogP contribution in [-0.2, 0) is 30.8 Å². The number of nitrogens with zero attached hydrogens (tertiary/aromatic N) is 4. The minimum atomic E-state index is -4.85. The van der Waals surface area contributed by atoms with Crippen LogP contribution in [0.4, 0.5) is 29.1 Å². The highest BCUT2D eigenvalue weighted by atomic mass is 35.5. The first-order chi connectivity index (χ1) is 29.0. The molecule has 0 bridgehead atoms. The number of pyridine rings is 1. The second-order valence-electron chi connectivity index (χ2n) is 15.1. The van der Waals surface area contributed by atoms with Crippen molar-refractivity contribution < 1.29 is 51.3 Å². The number of rotatable bonds is 9. The summed E-state index contributed by atoms with van der Waals surface area (Å²) < 4.78 is 65.9. The van der Waals surface area contributed by atoms with E-state index in [2.05, 4.69) is 10.4 Å². The Morgan fingerprint density at radius 1 is 0.918 bits per heavy atom. The van der Waals surface area contributed by atoms with E-state index in [4.69, 9.17) is 32.7 Å². The molecule has 8 rings (SSSR count). The Labute approximate surface area is 355 Å². The van der Waals surface area contributed by atoms with Gasteiger partial charge in [-0.3, -0.25) is 29.6 Å². The average molecular weight is 881 g/mol. The molecule has 2 aliphatic heterocycles. The molecule has 3 heterocycles. The van der Waals surface area contributed by atoms with Gasteiger partial charge in [-0.15, -0.1) is 0 Å². The molecule has 6 atom stereocenters. The number of hydrogen-bond donors (Lipinski definition) is 2. The molecule has 2 saturated heterocycles. The molecule has 4 amide bonds. The summed E-state index contributed by atoms with van der Waals surface area (Å²) >= 11 is 12.7. The second-order valence-corrected chi connectivity index (χ2v) is 15.9. The Kier molecular flexibility index (Phi) is 10.5.